The molecule has 17 heavy (non-hydrogen) atoms. The van der Waals surface area contributed by atoms with Gasteiger partial charge >= 0.3 is 0 Å². The molecule has 1 rings (SSSR count). The molecule has 0 aromatic carbocycles. The normalized spacial score (nSPS) is 10.9. The first-order chi connectivity index (χ1) is 8.17. The van der Waals surface area contributed by atoms with Crippen LogP contribution >= 0.6 is 0 Å². The lowest BCUT2D eigenvalue weighted by Crippen LogP contribution is -2.28. The van der Waals surface area contributed by atoms with Crippen molar-refractivity contribution in [2.45, 2.75) is 19.9 Å². The van der Waals surface area contributed by atoms with Crippen LogP contribution in [-0.4, -0.2) is 48.6 Å². The van der Waals surface area contributed by atoms with Crippen LogP contribution in [-0.2, 0) is 6.54 Å². The molecule has 0 radical (unpaired) electrons. The number of hydrogen-bond donors (Lipinski definition) is 1. The minimum atomic E-state index is 0.441. The van der Waals surface area contributed by atoms with Crippen molar-refractivity contribution in [3.63, 3.8) is 0 Å². The van der Waals surface area contributed by atoms with Crippen LogP contribution in [0, 0.1) is 0 Å². The minimum Gasteiger partial charge on any atom is -0.356 e. The van der Waals surface area contributed by atoms with Crippen LogP contribution in [0.3, 0.4) is 0 Å². The molecular formula is C12H23N5. The highest BCUT2D eigenvalue weighted by molar-refractivity contribution is 5.35. The zero-order valence-electron chi connectivity index (χ0n) is 11.1. The van der Waals surface area contributed by atoms with Gasteiger partial charge in [-0.1, -0.05) is 0 Å². The monoisotopic (exact) mass is 237 g/mol. The molecule has 0 aliphatic heterocycles. The quantitative estimate of drug-likeness (QED) is 0.757. The number of nitrogens with two attached hydrogens (primary N) is 1. The number of aromatic nitrogens is 2. The summed E-state index contributed by atoms with van der Waals surface area (Å²) in [7, 11) is 4.18. The van der Waals surface area contributed by atoms with Crippen molar-refractivity contribution < 1.29 is 0 Å². The van der Waals surface area contributed by atoms with Gasteiger partial charge < -0.3 is 15.5 Å². The summed E-state index contributed by atoms with van der Waals surface area (Å²) < 4.78 is 0. The summed E-state index contributed by atoms with van der Waals surface area (Å²) in [6.07, 6.45) is 4.64. The Labute approximate surface area is 104 Å². The largest absolute Gasteiger partial charge is 0.356 e. The third-order valence-corrected chi connectivity index (χ3v) is 2.62. The Bertz CT molecular complexity index is 326. The molecule has 1 aromatic rings. The Morgan fingerprint density at radius 2 is 2.00 bits per heavy atom. The molecule has 96 valence electrons. The van der Waals surface area contributed by atoms with E-state index in [1.807, 2.05) is 0 Å². The number of rotatable bonds is 7. The summed E-state index contributed by atoms with van der Waals surface area (Å²) in [6, 6.07) is 0. The summed E-state index contributed by atoms with van der Waals surface area (Å²) in [5, 5.41) is 0. The van der Waals surface area contributed by atoms with Crippen molar-refractivity contribution in [2.24, 2.45) is 5.73 Å². The van der Waals surface area contributed by atoms with Crippen molar-refractivity contribution >= 4 is 5.82 Å². The van der Waals surface area contributed by atoms with Gasteiger partial charge in [0.1, 0.15) is 5.82 Å². The molecule has 1 heterocycles. The van der Waals surface area contributed by atoms with E-state index in [1.165, 1.54) is 0 Å². The zero-order chi connectivity index (χ0) is 12.7. The van der Waals surface area contributed by atoms with Crippen molar-refractivity contribution in [1.82, 2.24) is 14.9 Å². The zero-order valence-corrected chi connectivity index (χ0v) is 11.1. The van der Waals surface area contributed by atoms with E-state index in [1.54, 1.807) is 12.4 Å². The summed E-state index contributed by atoms with van der Waals surface area (Å²) >= 11 is 0. The van der Waals surface area contributed by atoms with E-state index in [0.29, 0.717) is 6.54 Å². The maximum Gasteiger partial charge on any atom is 0.147 e. The standard InChI is InChI=1S/C12H23N5/c1-4-17(7-5-6-16(2)3)12-10-14-9-11(8-13)15-12/h9-10H,4-8,13H2,1-3H3. The molecule has 0 saturated carbocycles. The van der Waals surface area contributed by atoms with Gasteiger partial charge in [-0.15, -0.1) is 0 Å². The van der Waals surface area contributed by atoms with Crippen molar-refractivity contribution in [3.8, 4) is 0 Å². The molecule has 0 aliphatic rings. The molecule has 2 N–H and O–H groups in total. The lowest BCUT2D eigenvalue weighted by atomic mass is 10.3. The molecule has 0 saturated heterocycles. The molecule has 5 heteroatoms. The van der Waals surface area contributed by atoms with Gasteiger partial charge in [0.25, 0.3) is 0 Å². The first kappa shape index (κ1) is 13.9. The molecule has 5 nitrogen and oxygen atoms in total. The fourth-order valence-corrected chi connectivity index (χ4v) is 1.66. The van der Waals surface area contributed by atoms with E-state index in [-0.39, 0.29) is 0 Å². The predicted octanol–water partition coefficient (Wildman–Crippen LogP) is 0.713. The summed E-state index contributed by atoms with van der Waals surface area (Å²) in [5.41, 5.74) is 6.41. The van der Waals surface area contributed by atoms with Gasteiger partial charge in [0.15, 0.2) is 0 Å². The number of anilines is 1. The molecule has 0 fully saturated rings. The van der Waals surface area contributed by atoms with Gasteiger partial charge in [0.05, 0.1) is 11.9 Å². The highest BCUT2D eigenvalue weighted by Crippen LogP contribution is 2.09. The lowest BCUT2D eigenvalue weighted by Gasteiger charge is -2.22. The van der Waals surface area contributed by atoms with Crippen LogP contribution in [0.25, 0.3) is 0 Å². The second-order valence-electron chi connectivity index (χ2n) is 4.31. The third kappa shape index (κ3) is 4.66. The highest BCUT2D eigenvalue weighted by atomic mass is 15.2. The smallest absolute Gasteiger partial charge is 0.147 e. The molecule has 1 aromatic heterocycles. The van der Waals surface area contributed by atoms with Gasteiger partial charge in [0.2, 0.25) is 0 Å². The molecule has 0 amide bonds. The Balaban J connectivity index is 2.59. The first-order valence-corrected chi connectivity index (χ1v) is 6.08. The lowest BCUT2D eigenvalue weighted by molar-refractivity contribution is 0.400. The predicted molar refractivity (Wildman–Crippen MR) is 71.0 cm³/mol. The number of hydrogen-bond acceptors (Lipinski definition) is 5. The van der Waals surface area contributed by atoms with Crippen molar-refractivity contribution in [1.29, 1.82) is 0 Å². The average molecular weight is 237 g/mol. The minimum absolute atomic E-state index is 0.441. The van der Waals surface area contributed by atoms with Crippen LogP contribution in [0.4, 0.5) is 5.82 Å². The van der Waals surface area contributed by atoms with Crippen LogP contribution < -0.4 is 10.6 Å². The summed E-state index contributed by atoms with van der Waals surface area (Å²) in [6.45, 7) is 5.59. The van der Waals surface area contributed by atoms with Gasteiger partial charge in [-0.3, -0.25) is 4.98 Å². The fraction of sp³-hybridized carbons (Fsp3) is 0.667. The second-order valence-corrected chi connectivity index (χ2v) is 4.31. The Hall–Kier alpha value is -1.20. The Kier molecular flexibility index (Phi) is 5.86. The van der Waals surface area contributed by atoms with Crippen LogP contribution in [0.2, 0.25) is 0 Å². The van der Waals surface area contributed by atoms with E-state index in [9.17, 15) is 0 Å². The van der Waals surface area contributed by atoms with E-state index < -0.39 is 0 Å². The van der Waals surface area contributed by atoms with Gasteiger partial charge in [-0.2, -0.15) is 0 Å². The molecule has 0 aliphatic carbocycles. The van der Waals surface area contributed by atoms with Crippen molar-refractivity contribution in [3.05, 3.63) is 18.1 Å². The molecule has 0 unspecified atom stereocenters. The summed E-state index contributed by atoms with van der Waals surface area (Å²) in [4.78, 5) is 13.1. The van der Waals surface area contributed by atoms with Crippen LogP contribution in [0.1, 0.15) is 19.0 Å². The third-order valence-electron chi connectivity index (χ3n) is 2.62. The Morgan fingerprint density at radius 1 is 1.24 bits per heavy atom. The second kappa shape index (κ2) is 7.19. The van der Waals surface area contributed by atoms with E-state index >= 15 is 0 Å². The first-order valence-electron chi connectivity index (χ1n) is 6.08. The van der Waals surface area contributed by atoms with Crippen LogP contribution in [0.5, 0.6) is 0 Å². The van der Waals surface area contributed by atoms with Crippen molar-refractivity contribution in [2.75, 3.05) is 38.6 Å². The molecule has 0 atom stereocenters. The average Bonchev–Trinajstić information content (AvgIpc) is 2.34. The number of nitrogens with zero attached hydrogens (tertiary/aromatic N) is 4. The summed E-state index contributed by atoms with van der Waals surface area (Å²) in [5.74, 6) is 0.925. The van der Waals surface area contributed by atoms with Gasteiger partial charge in [0, 0.05) is 25.8 Å². The van der Waals surface area contributed by atoms with Gasteiger partial charge in [-0.25, -0.2) is 4.98 Å². The van der Waals surface area contributed by atoms with E-state index in [4.69, 9.17) is 5.73 Å². The van der Waals surface area contributed by atoms with Crippen LogP contribution in [0.15, 0.2) is 12.4 Å². The highest BCUT2D eigenvalue weighted by Gasteiger charge is 2.06. The van der Waals surface area contributed by atoms with E-state index in [0.717, 1.165) is 37.6 Å². The molecular weight excluding hydrogens is 214 g/mol. The SMILES string of the molecule is CCN(CCCN(C)C)c1cncc(CN)n1. The Morgan fingerprint density at radius 3 is 2.59 bits per heavy atom. The maximum absolute atomic E-state index is 5.57. The molecule has 0 bridgehead atoms. The molecule has 0 spiro atoms. The maximum atomic E-state index is 5.57. The van der Waals surface area contributed by atoms with Gasteiger partial charge in [-0.05, 0) is 34.0 Å². The fourth-order valence-electron chi connectivity index (χ4n) is 1.66. The topological polar surface area (TPSA) is 58.3 Å². The van der Waals surface area contributed by atoms with E-state index in [2.05, 4.69) is 40.8 Å².